The highest BCUT2D eigenvalue weighted by molar-refractivity contribution is 5.91. The van der Waals surface area contributed by atoms with Crippen molar-refractivity contribution in [3.05, 3.63) is 35.8 Å². The molecular weight excluding hydrogens is 324 g/mol. The summed E-state index contributed by atoms with van der Waals surface area (Å²) in [6, 6.07) is 2.09. The van der Waals surface area contributed by atoms with Gasteiger partial charge < -0.3 is 9.52 Å². The zero-order chi connectivity index (χ0) is 18.2. The fourth-order valence-corrected chi connectivity index (χ4v) is 7.54. The first-order valence-electron chi connectivity index (χ1n) is 10.4. The Bertz CT molecular complexity index is 762. The first-order valence-corrected chi connectivity index (χ1v) is 10.4. The highest BCUT2D eigenvalue weighted by Gasteiger charge is 2.66. The number of carbonyl (C=O) groups excluding carboxylic acids is 1. The van der Waals surface area contributed by atoms with Crippen LogP contribution in [0.2, 0.25) is 0 Å². The van der Waals surface area contributed by atoms with Gasteiger partial charge in [-0.15, -0.1) is 0 Å². The average molecular weight is 354 g/mol. The molecule has 4 aliphatic carbocycles. The van der Waals surface area contributed by atoms with Crippen molar-refractivity contribution in [3.8, 4) is 0 Å². The maximum Gasteiger partial charge on any atom is 0.155 e. The summed E-state index contributed by atoms with van der Waals surface area (Å²) in [5.74, 6) is 1.56. The second-order valence-corrected chi connectivity index (χ2v) is 9.83. The third kappa shape index (κ3) is 1.96. The van der Waals surface area contributed by atoms with Gasteiger partial charge in [0, 0.05) is 11.8 Å². The maximum absolute atomic E-state index is 12.1. The number of allylic oxidation sites excluding steroid dienone is 1. The zero-order valence-corrected chi connectivity index (χ0v) is 16.0. The molecule has 1 aromatic rings. The summed E-state index contributed by atoms with van der Waals surface area (Å²) in [6.45, 7) is 4.70. The lowest BCUT2D eigenvalue weighted by Gasteiger charge is -2.61. The number of aliphatic hydroxyl groups is 1. The van der Waals surface area contributed by atoms with E-state index in [2.05, 4.69) is 19.9 Å². The minimum atomic E-state index is -0.589. The summed E-state index contributed by atoms with van der Waals surface area (Å²) in [7, 11) is 0. The van der Waals surface area contributed by atoms with Gasteiger partial charge in [-0.1, -0.05) is 19.4 Å². The van der Waals surface area contributed by atoms with Crippen molar-refractivity contribution < 1.29 is 14.3 Å². The van der Waals surface area contributed by atoms with Crippen molar-refractivity contribution in [1.82, 2.24) is 0 Å². The van der Waals surface area contributed by atoms with E-state index in [1.165, 1.54) is 17.6 Å². The number of rotatable bonds is 1. The molecule has 1 N–H and O–H groups in total. The molecule has 0 radical (unpaired) electrons. The first kappa shape index (κ1) is 16.8. The SMILES string of the molecule is C[C@]12CCC(=O)C=C1CC[C@@H]1[C@H]2CC[C@]2(C)C(c3ccoc3)CC[C@@]12O. The van der Waals surface area contributed by atoms with E-state index in [1.807, 2.05) is 12.3 Å². The Hall–Kier alpha value is -1.35. The number of hydrogen-bond donors (Lipinski definition) is 1. The molecule has 3 saturated carbocycles. The van der Waals surface area contributed by atoms with Crippen molar-refractivity contribution in [2.24, 2.45) is 22.7 Å². The quantitative estimate of drug-likeness (QED) is 0.771. The monoisotopic (exact) mass is 354 g/mol. The Labute approximate surface area is 155 Å². The number of hydrogen-bond acceptors (Lipinski definition) is 3. The molecule has 1 aromatic heterocycles. The molecule has 1 heterocycles. The Kier molecular flexibility index (Phi) is 3.45. The molecule has 140 valence electrons. The van der Waals surface area contributed by atoms with Crippen molar-refractivity contribution in [1.29, 1.82) is 0 Å². The van der Waals surface area contributed by atoms with Crippen LogP contribution in [0.5, 0.6) is 0 Å². The minimum Gasteiger partial charge on any atom is -0.472 e. The van der Waals surface area contributed by atoms with E-state index in [1.54, 1.807) is 6.26 Å². The van der Waals surface area contributed by atoms with Gasteiger partial charge >= 0.3 is 0 Å². The van der Waals surface area contributed by atoms with Crippen LogP contribution in [0, 0.1) is 22.7 Å². The van der Waals surface area contributed by atoms with Crippen molar-refractivity contribution in [2.75, 3.05) is 0 Å². The Morgan fingerprint density at radius 1 is 1.08 bits per heavy atom. The van der Waals surface area contributed by atoms with Crippen molar-refractivity contribution >= 4 is 5.78 Å². The molecule has 0 saturated heterocycles. The van der Waals surface area contributed by atoms with Gasteiger partial charge in [-0.3, -0.25) is 4.79 Å². The van der Waals surface area contributed by atoms with Gasteiger partial charge in [0.05, 0.1) is 18.1 Å². The summed E-state index contributed by atoms with van der Waals surface area (Å²) in [5.41, 5.74) is 2.08. The maximum atomic E-state index is 12.1. The molecular formula is C23H30O3. The van der Waals surface area contributed by atoms with Crippen LogP contribution in [0.4, 0.5) is 0 Å². The lowest BCUT2D eigenvalue weighted by molar-refractivity contribution is -0.177. The fraction of sp³-hybridized carbons (Fsp3) is 0.696. The fourth-order valence-electron chi connectivity index (χ4n) is 7.54. The molecule has 26 heavy (non-hydrogen) atoms. The predicted octanol–water partition coefficient (Wildman–Crippen LogP) is 5.01. The second kappa shape index (κ2) is 5.34. The highest BCUT2D eigenvalue weighted by Crippen LogP contribution is 2.69. The Balaban J connectivity index is 1.53. The predicted molar refractivity (Wildman–Crippen MR) is 99.6 cm³/mol. The van der Waals surface area contributed by atoms with Crippen LogP contribution >= 0.6 is 0 Å². The molecule has 3 nitrogen and oxygen atoms in total. The summed E-state index contributed by atoms with van der Waals surface area (Å²) >= 11 is 0. The standard InChI is InChI=1S/C23H30O3/c1-21-9-5-17(24)13-16(21)3-4-20-19(21)6-10-22(2)18(7-11-23(20,22)25)15-8-12-26-14-15/h8,12-14,18-20,25H,3-7,9-11H2,1-2H3/t18?,19-,20-,21+,22-,23-/m1/s1. The van der Waals surface area contributed by atoms with Gasteiger partial charge in [-0.05, 0) is 85.8 Å². The smallest absolute Gasteiger partial charge is 0.155 e. The lowest BCUT2D eigenvalue weighted by atomic mass is 9.45. The van der Waals surface area contributed by atoms with Crippen molar-refractivity contribution in [3.63, 3.8) is 0 Å². The van der Waals surface area contributed by atoms with Gasteiger partial charge in [0.1, 0.15) is 0 Å². The van der Waals surface area contributed by atoms with Crippen LogP contribution in [0.1, 0.15) is 76.7 Å². The topological polar surface area (TPSA) is 50.4 Å². The van der Waals surface area contributed by atoms with E-state index in [-0.39, 0.29) is 10.8 Å². The molecule has 6 atom stereocenters. The normalized spacial score (nSPS) is 47.7. The first-order chi connectivity index (χ1) is 12.4. The summed E-state index contributed by atoms with van der Waals surface area (Å²) in [5, 5.41) is 12.1. The van der Waals surface area contributed by atoms with Crippen LogP contribution < -0.4 is 0 Å². The lowest BCUT2D eigenvalue weighted by Crippen LogP contribution is -2.60. The molecule has 0 spiro atoms. The van der Waals surface area contributed by atoms with E-state index >= 15 is 0 Å². The van der Waals surface area contributed by atoms with Crippen LogP contribution in [-0.4, -0.2) is 16.5 Å². The van der Waals surface area contributed by atoms with E-state index < -0.39 is 5.60 Å². The molecule has 0 aliphatic heterocycles. The van der Waals surface area contributed by atoms with E-state index in [0.29, 0.717) is 30.0 Å². The number of furan rings is 1. The number of fused-ring (bicyclic) bond motifs is 5. The van der Waals surface area contributed by atoms with E-state index in [4.69, 9.17) is 4.42 Å². The molecule has 3 heteroatoms. The third-order valence-electron chi connectivity index (χ3n) is 9.09. The number of carbonyl (C=O) groups is 1. The number of ketones is 1. The molecule has 1 unspecified atom stereocenters. The van der Waals surface area contributed by atoms with Gasteiger partial charge in [-0.2, -0.15) is 0 Å². The molecule has 0 aromatic carbocycles. The largest absolute Gasteiger partial charge is 0.472 e. The van der Waals surface area contributed by atoms with Gasteiger partial charge in [0.2, 0.25) is 0 Å². The van der Waals surface area contributed by atoms with Crippen LogP contribution in [0.3, 0.4) is 0 Å². The van der Waals surface area contributed by atoms with Crippen LogP contribution in [0.25, 0.3) is 0 Å². The molecule has 0 amide bonds. The summed E-state index contributed by atoms with van der Waals surface area (Å²) in [6.07, 6.45) is 13.4. The van der Waals surface area contributed by atoms with Gasteiger partial charge in [0.15, 0.2) is 5.78 Å². The minimum absolute atomic E-state index is 0.0693. The second-order valence-electron chi connectivity index (χ2n) is 9.83. The molecule has 3 fully saturated rings. The van der Waals surface area contributed by atoms with Crippen LogP contribution in [0.15, 0.2) is 34.7 Å². The third-order valence-corrected chi connectivity index (χ3v) is 9.09. The molecule has 5 rings (SSSR count). The summed E-state index contributed by atoms with van der Waals surface area (Å²) < 4.78 is 5.37. The zero-order valence-electron chi connectivity index (χ0n) is 16.0. The highest BCUT2D eigenvalue weighted by atomic mass is 16.3. The van der Waals surface area contributed by atoms with Crippen LogP contribution in [-0.2, 0) is 4.79 Å². The summed E-state index contributed by atoms with van der Waals surface area (Å²) in [4.78, 5) is 12.0. The van der Waals surface area contributed by atoms with E-state index in [9.17, 15) is 9.90 Å². The van der Waals surface area contributed by atoms with Gasteiger partial charge in [0.25, 0.3) is 0 Å². The van der Waals surface area contributed by atoms with Gasteiger partial charge in [-0.25, -0.2) is 0 Å². The van der Waals surface area contributed by atoms with E-state index in [0.717, 1.165) is 38.5 Å². The molecule has 4 aliphatic rings. The molecule has 0 bridgehead atoms. The van der Waals surface area contributed by atoms with Crippen molar-refractivity contribution in [2.45, 2.75) is 76.7 Å². The Morgan fingerprint density at radius 3 is 2.69 bits per heavy atom. The Morgan fingerprint density at radius 2 is 1.92 bits per heavy atom. The average Bonchev–Trinajstić information content (AvgIpc) is 3.21.